The van der Waals surface area contributed by atoms with E-state index in [0.717, 1.165) is 16.7 Å². The van der Waals surface area contributed by atoms with E-state index < -0.39 is 0 Å². The first-order valence-corrected chi connectivity index (χ1v) is 7.75. The van der Waals surface area contributed by atoms with Gasteiger partial charge in [-0.15, -0.1) is 5.10 Å². The second-order valence-corrected chi connectivity index (χ2v) is 5.79. The van der Waals surface area contributed by atoms with Crippen molar-refractivity contribution in [2.24, 2.45) is 7.05 Å². The summed E-state index contributed by atoms with van der Waals surface area (Å²) in [7, 11) is 1.73. The lowest BCUT2D eigenvalue weighted by Gasteiger charge is -2.10. The number of amides is 1. The molecule has 2 aromatic heterocycles. The summed E-state index contributed by atoms with van der Waals surface area (Å²) < 4.78 is 7.27. The van der Waals surface area contributed by atoms with E-state index in [4.69, 9.17) is 4.42 Å². The van der Waals surface area contributed by atoms with E-state index >= 15 is 0 Å². The highest BCUT2D eigenvalue weighted by Gasteiger charge is 2.15. The number of furan rings is 1. The van der Waals surface area contributed by atoms with Crippen molar-refractivity contribution in [3.63, 3.8) is 0 Å². The molecule has 0 aliphatic heterocycles. The third-order valence-electron chi connectivity index (χ3n) is 3.16. The molecule has 0 fully saturated rings. The van der Waals surface area contributed by atoms with E-state index in [0.29, 0.717) is 5.16 Å². The normalized spacial score (nSPS) is 12.5. The van der Waals surface area contributed by atoms with Gasteiger partial charge in [-0.25, -0.2) is 4.68 Å². The van der Waals surface area contributed by atoms with Gasteiger partial charge in [-0.2, -0.15) is 0 Å². The number of hydrogen-bond acceptors (Lipinski definition) is 6. The van der Waals surface area contributed by atoms with E-state index in [9.17, 15) is 4.79 Å². The number of hydrogen-bond donors (Lipinski definition) is 1. The Morgan fingerprint density at radius 2 is 2.27 bits per heavy atom. The van der Waals surface area contributed by atoms with Crippen molar-refractivity contribution in [2.75, 3.05) is 5.75 Å². The molecule has 3 aromatic rings. The van der Waals surface area contributed by atoms with E-state index in [1.54, 1.807) is 7.05 Å². The lowest BCUT2D eigenvalue weighted by Crippen LogP contribution is -2.28. The fraction of sp³-hybridized carbons (Fsp3) is 0.286. The lowest BCUT2D eigenvalue weighted by atomic mass is 10.2. The monoisotopic (exact) mass is 317 g/mol. The van der Waals surface area contributed by atoms with Crippen molar-refractivity contribution in [2.45, 2.75) is 18.1 Å². The predicted octanol–water partition coefficient (Wildman–Crippen LogP) is 1.93. The molecule has 7 nitrogen and oxygen atoms in total. The lowest BCUT2D eigenvalue weighted by molar-refractivity contribution is -0.119. The summed E-state index contributed by atoms with van der Waals surface area (Å²) in [6.45, 7) is 1.89. The Bertz CT molecular complexity index is 764. The average Bonchev–Trinajstić information content (AvgIpc) is 3.11. The van der Waals surface area contributed by atoms with Crippen molar-refractivity contribution in [3.8, 4) is 0 Å². The van der Waals surface area contributed by atoms with Gasteiger partial charge in [0.1, 0.15) is 11.3 Å². The molecular formula is C14H15N5O2S. The molecule has 114 valence electrons. The Labute approximate surface area is 131 Å². The molecule has 0 aliphatic rings. The largest absolute Gasteiger partial charge is 0.459 e. The van der Waals surface area contributed by atoms with Gasteiger partial charge in [0, 0.05) is 12.4 Å². The molecule has 0 saturated carbocycles. The maximum Gasteiger partial charge on any atom is 0.231 e. The van der Waals surface area contributed by atoms with Crippen molar-refractivity contribution < 1.29 is 9.21 Å². The van der Waals surface area contributed by atoms with Crippen molar-refractivity contribution >= 4 is 28.6 Å². The Balaban J connectivity index is 1.59. The first-order valence-electron chi connectivity index (χ1n) is 6.76. The Kier molecular flexibility index (Phi) is 4.10. The predicted molar refractivity (Wildman–Crippen MR) is 82.3 cm³/mol. The highest BCUT2D eigenvalue weighted by Crippen LogP contribution is 2.23. The number of tetrazole rings is 1. The molecule has 1 atom stereocenters. The second kappa shape index (κ2) is 6.18. The number of carbonyl (C=O) groups excluding carboxylic acids is 1. The summed E-state index contributed by atoms with van der Waals surface area (Å²) in [5, 5.41) is 15.6. The quantitative estimate of drug-likeness (QED) is 0.724. The van der Waals surface area contributed by atoms with Crippen LogP contribution in [0, 0.1) is 0 Å². The molecule has 0 spiro atoms. The number of nitrogens with zero attached hydrogens (tertiary/aromatic N) is 4. The number of aryl methyl sites for hydroxylation is 1. The van der Waals surface area contributed by atoms with Crippen LogP contribution < -0.4 is 5.32 Å². The molecule has 0 saturated heterocycles. The number of carbonyl (C=O) groups is 1. The number of thioether (sulfide) groups is 1. The van der Waals surface area contributed by atoms with Gasteiger partial charge < -0.3 is 9.73 Å². The number of nitrogens with one attached hydrogen (secondary N) is 1. The van der Waals surface area contributed by atoms with Gasteiger partial charge in [0.05, 0.1) is 11.8 Å². The molecule has 22 heavy (non-hydrogen) atoms. The number of benzene rings is 1. The zero-order valence-corrected chi connectivity index (χ0v) is 13.0. The first-order chi connectivity index (χ1) is 10.6. The minimum atomic E-state index is -0.196. The van der Waals surface area contributed by atoms with Gasteiger partial charge >= 0.3 is 0 Å². The summed E-state index contributed by atoms with van der Waals surface area (Å²) in [6.07, 6.45) is 0. The van der Waals surface area contributed by atoms with E-state index in [-0.39, 0.29) is 17.7 Å². The van der Waals surface area contributed by atoms with Gasteiger partial charge in [-0.1, -0.05) is 30.0 Å². The van der Waals surface area contributed by atoms with Gasteiger partial charge in [-0.3, -0.25) is 4.79 Å². The van der Waals surface area contributed by atoms with Crippen molar-refractivity contribution in [1.82, 2.24) is 25.5 Å². The maximum absolute atomic E-state index is 12.0. The molecule has 1 aromatic carbocycles. The third kappa shape index (κ3) is 3.11. The number of rotatable bonds is 5. The second-order valence-electron chi connectivity index (χ2n) is 4.85. The van der Waals surface area contributed by atoms with Crippen LogP contribution in [-0.4, -0.2) is 31.9 Å². The van der Waals surface area contributed by atoms with Crippen LogP contribution >= 0.6 is 11.8 Å². The minimum Gasteiger partial charge on any atom is -0.459 e. The van der Waals surface area contributed by atoms with Gasteiger partial charge in [0.25, 0.3) is 0 Å². The molecule has 3 rings (SSSR count). The topological polar surface area (TPSA) is 85.8 Å². The maximum atomic E-state index is 12.0. The van der Waals surface area contributed by atoms with E-state index in [1.165, 1.54) is 16.4 Å². The van der Waals surface area contributed by atoms with E-state index in [1.807, 2.05) is 37.3 Å². The number of fused-ring (bicyclic) bond motifs is 1. The van der Waals surface area contributed by atoms with Crippen LogP contribution in [0.3, 0.4) is 0 Å². The van der Waals surface area contributed by atoms with Crippen molar-refractivity contribution in [1.29, 1.82) is 0 Å². The average molecular weight is 317 g/mol. The zero-order valence-electron chi connectivity index (χ0n) is 12.2. The molecule has 1 amide bonds. The van der Waals surface area contributed by atoms with Crippen LogP contribution in [-0.2, 0) is 11.8 Å². The van der Waals surface area contributed by atoms with Crippen LogP contribution in [0.5, 0.6) is 0 Å². The standard InChI is InChI=1S/C14H15N5O2S/c1-9(12-7-10-5-3-4-6-11(10)21-12)15-13(20)8-22-14-16-17-18-19(14)2/h3-7,9H,8H2,1-2H3,(H,15,20)/t9-/m0/s1. The molecule has 0 unspecified atom stereocenters. The molecular weight excluding hydrogens is 302 g/mol. The number of aromatic nitrogens is 4. The fourth-order valence-electron chi connectivity index (χ4n) is 2.04. The molecule has 0 bridgehead atoms. The Morgan fingerprint density at radius 3 is 3.00 bits per heavy atom. The van der Waals surface area contributed by atoms with Crippen LogP contribution in [0.15, 0.2) is 39.9 Å². The van der Waals surface area contributed by atoms with Gasteiger partial charge in [0.2, 0.25) is 11.1 Å². The van der Waals surface area contributed by atoms with Crippen LogP contribution in [0.2, 0.25) is 0 Å². The van der Waals surface area contributed by atoms with Crippen LogP contribution in [0.25, 0.3) is 11.0 Å². The smallest absolute Gasteiger partial charge is 0.231 e. The van der Waals surface area contributed by atoms with Crippen molar-refractivity contribution in [3.05, 3.63) is 36.1 Å². The van der Waals surface area contributed by atoms with Crippen LogP contribution in [0.4, 0.5) is 0 Å². The summed E-state index contributed by atoms with van der Waals surface area (Å²) in [6, 6.07) is 9.51. The highest BCUT2D eigenvalue weighted by molar-refractivity contribution is 7.99. The van der Waals surface area contributed by atoms with Gasteiger partial charge in [0.15, 0.2) is 0 Å². The molecule has 1 N–H and O–H groups in total. The molecule has 0 radical (unpaired) electrons. The van der Waals surface area contributed by atoms with Crippen LogP contribution in [0.1, 0.15) is 18.7 Å². The summed E-state index contributed by atoms with van der Waals surface area (Å²) in [4.78, 5) is 12.0. The zero-order chi connectivity index (χ0) is 15.5. The number of para-hydroxylation sites is 1. The Hall–Kier alpha value is -2.35. The summed E-state index contributed by atoms with van der Waals surface area (Å²) in [5.41, 5.74) is 0.818. The molecule has 8 heteroatoms. The summed E-state index contributed by atoms with van der Waals surface area (Å²) >= 11 is 1.29. The van der Waals surface area contributed by atoms with E-state index in [2.05, 4.69) is 20.8 Å². The van der Waals surface area contributed by atoms with Gasteiger partial charge in [-0.05, 0) is 29.5 Å². The molecule has 0 aliphatic carbocycles. The minimum absolute atomic E-state index is 0.0963. The SMILES string of the molecule is C[C@H](NC(=O)CSc1nnnn1C)c1cc2ccccc2o1. The highest BCUT2D eigenvalue weighted by atomic mass is 32.2. The Morgan fingerprint density at radius 1 is 1.45 bits per heavy atom. The third-order valence-corrected chi connectivity index (χ3v) is 4.17. The summed E-state index contributed by atoms with van der Waals surface area (Å²) in [5.74, 6) is 0.888. The molecule has 2 heterocycles. The fourth-order valence-corrected chi connectivity index (χ4v) is 2.70. The first kappa shape index (κ1) is 14.6.